The fourth-order valence-electron chi connectivity index (χ4n) is 4.77. The molecule has 0 spiro atoms. The second-order valence-corrected chi connectivity index (χ2v) is 9.87. The van der Waals surface area contributed by atoms with Gasteiger partial charge in [-0.1, -0.05) is 11.3 Å². The summed E-state index contributed by atoms with van der Waals surface area (Å²) >= 11 is 1.52. The molecule has 0 aromatic carbocycles. The number of nitrogens with one attached hydrogen (secondary N) is 1. The smallest absolute Gasteiger partial charge is 0.319 e. The van der Waals surface area contributed by atoms with Crippen molar-refractivity contribution in [3.63, 3.8) is 0 Å². The van der Waals surface area contributed by atoms with E-state index >= 15 is 0 Å². The van der Waals surface area contributed by atoms with Crippen molar-refractivity contribution >= 4 is 28.3 Å². The molecule has 1 aliphatic carbocycles. The molecule has 0 unspecified atom stereocenters. The first-order valence-corrected chi connectivity index (χ1v) is 12.4. The molecule has 178 valence electrons. The molecule has 34 heavy (non-hydrogen) atoms. The number of anilines is 1. The number of aromatic nitrogens is 4. The molecule has 9 nitrogen and oxygen atoms in total. The van der Waals surface area contributed by atoms with E-state index in [-0.39, 0.29) is 17.9 Å². The van der Waals surface area contributed by atoms with Crippen LogP contribution in [-0.2, 0) is 27.2 Å². The normalized spacial score (nSPS) is 16.1. The minimum absolute atomic E-state index is 0.121. The second-order valence-electron chi connectivity index (χ2n) is 8.87. The number of nitrogens with zero attached hydrogens (tertiary/aromatic N) is 5. The number of thiazole rings is 1. The highest BCUT2D eigenvalue weighted by Crippen LogP contribution is 2.45. The van der Waals surface area contributed by atoms with Crippen molar-refractivity contribution in [1.29, 1.82) is 0 Å². The lowest BCUT2D eigenvalue weighted by molar-refractivity contribution is -0.142. The van der Waals surface area contributed by atoms with Gasteiger partial charge in [-0.3, -0.25) is 24.2 Å². The highest BCUT2D eigenvalue weighted by molar-refractivity contribution is 7.19. The van der Waals surface area contributed by atoms with E-state index < -0.39 is 0 Å². The number of amides is 1. The standard InChI is InChI=1S/C24H28N6O3S/c1-14-4-5-16(12-25-14)21-18-6-7-19-23(34-24(27-19)26-15(2)31)22(18)30(28-21)17-8-10-29(11-9-17)13-20(32)33-3/h4-5,12,17H,6-11,13H2,1-3H3,(H,26,27,31). The van der Waals surface area contributed by atoms with Crippen LogP contribution in [-0.4, -0.2) is 63.3 Å². The van der Waals surface area contributed by atoms with Crippen molar-refractivity contribution in [2.45, 2.75) is 45.6 Å². The summed E-state index contributed by atoms with van der Waals surface area (Å²) in [4.78, 5) is 35.7. The van der Waals surface area contributed by atoms with E-state index in [2.05, 4.69) is 25.9 Å². The topological polar surface area (TPSA) is 102 Å². The quantitative estimate of drug-likeness (QED) is 0.559. The SMILES string of the molecule is COC(=O)CN1CCC(n2nc(-c3ccc(C)nc3)c3c2-c2sc(NC(C)=O)nc2CC3)CC1. The lowest BCUT2D eigenvalue weighted by Gasteiger charge is -2.32. The second kappa shape index (κ2) is 9.27. The Kier molecular flexibility index (Phi) is 6.18. The minimum atomic E-state index is -0.205. The first kappa shape index (κ1) is 22.7. The fraction of sp³-hybridized carbons (Fsp3) is 0.458. The lowest BCUT2D eigenvalue weighted by atomic mass is 9.95. The van der Waals surface area contributed by atoms with Gasteiger partial charge < -0.3 is 10.1 Å². The van der Waals surface area contributed by atoms with Gasteiger partial charge in [-0.25, -0.2) is 4.98 Å². The van der Waals surface area contributed by atoms with Crippen LogP contribution in [0.5, 0.6) is 0 Å². The number of rotatable bonds is 5. The third-order valence-corrected chi connectivity index (χ3v) is 7.50. The van der Waals surface area contributed by atoms with Crippen molar-refractivity contribution in [2.24, 2.45) is 0 Å². The number of pyridine rings is 1. The Morgan fingerprint density at radius 3 is 2.71 bits per heavy atom. The van der Waals surface area contributed by atoms with Crippen LogP contribution in [0.2, 0.25) is 0 Å². The number of aryl methyl sites for hydroxylation is 2. The molecule has 3 aromatic heterocycles. The Morgan fingerprint density at radius 1 is 1.24 bits per heavy atom. The lowest BCUT2D eigenvalue weighted by Crippen LogP contribution is -2.38. The van der Waals surface area contributed by atoms with Crippen LogP contribution in [0.1, 0.15) is 42.8 Å². The molecule has 1 aliphatic heterocycles. The third-order valence-electron chi connectivity index (χ3n) is 6.48. The van der Waals surface area contributed by atoms with E-state index in [9.17, 15) is 9.59 Å². The Hall–Kier alpha value is -3.11. The van der Waals surface area contributed by atoms with Crippen molar-refractivity contribution in [1.82, 2.24) is 24.6 Å². The zero-order chi connectivity index (χ0) is 23.8. The summed E-state index contributed by atoms with van der Waals surface area (Å²) in [6.45, 7) is 5.42. The van der Waals surface area contributed by atoms with Crippen LogP contribution in [0.4, 0.5) is 5.13 Å². The molecule has 4 heterocycles. The summed E-state index contributed by atoms with van der Waals surface area (Å²) in [7, 11) is 1.43. The summed E-state index contributed by atoms with van der Waals surface area (Å²) in [5.41, 5.74) is 6.29. The van der Waals surface area contributed by atoms with Gasteiger partial charge >= 0.3 is 5.97 Å². The molecule has 0 bridgehead atoms. The van der Waals surface area contributed by atoms with Crippen molar-refractivity contribution in [3.05, 3.63) is 35.3 Å². The number of carbonyl (C=O) groups is 2. The molecule has 0 saturated carbocycles. The molecule has 0 radical (unpaired) electrons. The molecule has 2 aliphatic rings. The molecule has 3 aromatic rings. The predicted molar refractivity (Wildman–Crippen MR) is 130 cm³/mol. The van der Waals surface area contributed by atoms with Gasteiger partial charge in [-0.2, -0.15) is 5.10 Å². The van der Waals surface area contributed by atoms with Gasteiger partial charge in [0.15, 0.2) is 5.13 Å². The van der Waals surface area contributed by atoms with E-state index in [1.165, 1.54) is 30.9 Å². The molecule has 1 saturated heterocycles. The Bertz CT molecular complexity index is 1220. The average molecular weight is 481 g/mol. The molecular formula is C24H28N6O3S. The summed E-state index contributed by atoms with van der Waals surface area (Å²) in [6, 6.07) is 4.31. The van der Waals surface area contributed by atoms with Gasteiger partial charge in [-0.05, 0) is 44.7 Å². The van der Waals surface area contributed by atoms with Crippen LogP contribution < -0.4 is 5.32 Å². The van der Waals surface area contributed by atoms with Gasteiger partial charge in [0.2, 0.25) is 5.91 Å². The fourth-order valence-corrected chi connectivity index (χ4v) is 5.90. The highest BCUT2D eigenvalue weighted by atomic mass is 32.1. The zero-order valence-electron chi connectivity index (χ0n) is 19.6. The van der Waals surface area contributed by atoms with Gasteiger partial charge in [0.1, 0.15) is 0 Å². The number of fused-ring (bicyclic) bond motifs is 3. The number of esters is 1. The van der Waals surface area contributed by atoms with Crippen molar-refractivity contribution < 1.29 is 14.3 Å². The number of ether oxygens (including phenoxy) is 1. The number of carbonyl (C=O) groups excluding carboxylic acids is 2. The molecule has 5 rings (SSSR count). The zero-order valence-corrected chi connectivity index (χ0v) is 20.4. The Balaban J connectivity index is 1.53. The van der Waals surface area contributed by atoms with E-state index in [4.69, 9.17) is 14.8 Å². The number of likely N-dealkylation sites (tertiary alicyclic amines) is 1. The maximum atomic E-state index is 11.7. The van der Waals surface area contributed by atoms with Crippen LogP contribution in [0, 0.1) is 6.92 Å². The molecule has 10 heteroatoms. The molecule has 1 fully saturated rings. The highest BCUT2D eigenvalue weighted by Gasteiger charge is 2.33. The number of methoxy groups -OCH3 is 1. The molecular weight excluding hydrogens is 452 g/mol. The Labute approximate surface area is 202 Å². The van der Waals surface area contributed by atoms with Crippen LogP contribution >= 0.6 is 11.3 Å². The monoisotopic (exact) mass is 480 g/mol. The molecule has 1 amide bonds. The first-order valence-electron chi connectivity index (χ1n) is 11.5. The van der Waals surface area contributed by atoms with Crippen LogP contribution in [0.3, 0.4) is 0 Å². The van der Waals surface area contributed by atoms with E-state index in [0.717, 1.165) is 72.0 Å². The predicted octanol–water partition coefficient (Wildman–Crippen LogP) is 3.24. The summed E-state index contributed by atoms with van der Waals surface area (Å²) in [5, 5.41) is 8.62. The number of hydrogen-bond donors (Lipinski definition) is 1. The van der Waals surface area contributed by atoms with Crippen molar-refractivity contribution in [3.8, 4) is 21.8 Å². The summed E-state index contributed by atoms with van der Waals surface area (Å²) in [5.74, 6) is -0.326. The molecule has 1 N–H and O–H groups in total. The minimum Gasteiger partial charge on any atom is -0.468 e. The maximum absolute atomic E-state index is 11.7. The maximum Gasteiger partial charge on any atom is 0.319 e. The van der Waals surface area contributed by atoms with Crippen LogP contribution in [0.25, 0.3) is 21.8 Å². The van der Waals surface area contributed by atoms with Crippen LogP contribution in [0.15, 0.2) is 18.3 Å². The third kappa shape index (κ3) is 4.35. The van der Waals surface area contributed by atoms with Gasteiger partial charge in [0.25, 0.3) is 0 Å². The van der Waals surface area contributed by atoms with E-state index in [0.29, 0.717) is 11.7 Å². The Morgan fingerprint density at radius 2 is 2.03 bits per heavy atom. The van der Waals surface area contributed by atoms with Gasteiger partial charge in [-0.15, -0.1) is 0 Å². The van der Waals surface area contributed by atoms with Crippen molar-refractivity contribution in [2.75, 3.05) is 32.1 Å². The van der Waals surface area contributed by atoms with Gasteiger partial charge in [0.05, 0.1) is 41.7 Å². The largest absolute Gasteiger partial charge is 0.468 e. The number of hydrogen-bond acceptors (Lipinski definition) is 8. The number of piperidine rings is 1. The van der Waals surface area contributed by atoms with E-state index in [1.54, 1.807) is 0 Å². The first-order chi connectivity index (χ1) is 16.4. The average Bonchev–Trinajstić information content (AvgIpc) is 3.40. The van der Waals surface area contributed by atoms with Gasteiger partial charge in [0, 0.05) is 43.0 Å². The molecule has 0 atom stereocenters. The summed E-state index contributed by atoms with van der Waals surface area (Å²) in [6.07, 6.45) is 5.34. The van der Waals surface area contributed by atoms with E-state index in [1.807, 2.05) is 19.2 Å². The summed E-state index contributed by atoms with van der Waals surface area (Å²) < 4.78 is 7.00.